The maximum absolute atomic E-state index is 13.4. The van der Waals surface area contributed by atoms with Gasteiger partial charge in [-0.05, 0) is 31.3 Å². The number of benzene rings is 1. The van der Waals surface area contributed by atoms with E-state index in [1.54, 1.807) is 17.9 Å². The van der Waals surface area contributed by atoms with Crippen molar-refractivity contribution >= 4 is 11.9 Å². The van der Waals surface area contributed by atoms with Gasteiger partial charge in [0.2, 0.25) is 0 Å². The summed E-state index contributed by atoms with van der Waals surface area (Å²) in [6, 6.07) is 5.61. The van der Waals surface area contributed by atoms with Gasteiger partial charge in [0, 0.05) is 25.2 Å². The molecular weight excluding hydrogens is 311 g/mol. The Bertz CT molecular complexity index is 547. The van der Waals surface area contributed by atoms with Crippen LogP contribution in [0, 0.1) is 11.7 Å². The van der Waals surface area contributed by atoms with E-state index in [0.717, 1.165) is 13.1 Å². The summed E-state index contributed by atoms with van der Waals surface area (Å²) < 4.78 is 18.1. The van der Waals surface area contributed by atoms with Crippen molar-refractivity contribution in [1.29, 1.82) is 0 Å². The number of carbonyl (C=O) groups excluding carboxylic acids is 2. The Hall–Kier alpha value is -1.95. The standard InChI is InChI=1S/C18H27FN2O3/c1-5-20(6-2)10-11-21(13-14(3)18(23)24-4)17(22)15-8-7-9-16(19)12-15/h7-9,12,14H,5-6,10-11,13H2,1-4H3. The van der Waals surface area contributed by atoms with Crippen molar-refractivity contribution in [2.24, 2.45) is 5.92 Å². The molecule has 0 N–H and O–H groups in total. The highest BCUT2D eigenvalue weighted by molar-refractivity contribution is 5.94. The zero-order valence-electron chi connectivity index (χ0n) is 14.9. The molecule has 0 bridgehead atoms. The van der Waals surface area contributed by atoms with Crippen LogP contribution in [0.5, 0.6) is 0 Å². The lowest BCUT2D eigenvalue weighted by Gasteiger charge is -2.28. The number of hydrogen-bond donors (Lipinski definition) is 0. The molecule has 0 saturated heterocycles. The van der Waals surface area contributed by atoms with Gasteiger partial charge in [0.25, 0.3) is 5.91 Å². The predicted octanol–water partition coefficient (Wildman–Crippen LogP) is 2.42. The van der Waals surface area contributed by atoms with Gasteiger partial charge in [0.15, 0.2) is 0 Å². The average Bonchev–Trinajstić information content (AvgIpc) is 2.59. The lowest BCUT2D eigenvalue weighted by atomic mass is 10.1. The summed E-state index contributed by atoms with van der Waals surface area (Å²) >= 11 is 0. The van der Waals surface area contributed by atoms with Crippen LogP contribution in [0.3, 0.4) is 0 Å². The van der Waals surface area contributed by atoms with Crippen LogP contribution in [0.15, 0.2) is 24.3 Å². The topological polar surface area (TPSA) is 49.9 Å². The zero-order chi connectivity index (χ0) is 18.1. The maximum Gasteiger partial charge on any atom is 0.310 e. The number of esters is 1. The van der Waals surface area contributed by atoms with Crippen molar-refractivity contribution in [2.45, 2.75) is 20.8 Å². The third-order valence-electron chi connectivity index (χ3n) is 4.04. The largest absolute Gasteiger partial charge is 0.469 e. The van der Waals surface area contributed by atoms with Gasteiger partial charge in [-0.3, -0.25) is 9.59 Å². The van der Waals surface area contributed by atoms with E-state index in [2.05, 4.69) is 18.7 Å². The van der Waals surface area contributed by atoms with Crippen LogP contribution in [-0.4, -0.2) is 61.5 Å². The minimum absolute atomic E-state index is 0.239. The van der Waals surface area contributed by atoms with Gasteiger partial charge in [-0.25, -0.2) is 4.39 Å². The van der Waals surface area contributed by atoms with Gasteiger partial charge in [-0.1, -0.05) is 26.8 Å². The monoisotopic (exact) mass is 338 g/mol. The molecule has 0 saturated carbocycles. The smallest absolute Gasteiger partial charge is 0.310 e. The Morgan fingerprint density at radius 2 is 1.88 bits per heavy atom. The first-order valence-electron chi connectivity index (χ1n) is 8.27. The lowest BCUT2D eigenvalue weighted by Crippen LogP contribution is -2.42. The van der Waals surface area contributed by atoms with Crippen LogP contribution in [0.1, 0.15) is 31.1 Å². The third-order valence-corrected chi connectivity index (χ3v) is 4.04. The molecule has 0 aliphatic carbocycles. The SMILES string of the molecule is CCN(CC)CCN(CC(C)C(=O)OC)C(=O)c1cccc(F)c1. The van der Waals surface area contributed by atoms with Crippen molar-refractivity contribution in [2.75, 3.05) is 39.8 Å². The predicted molar refractivity (Wildman–Crippen MR) is 91.3 cm³/mol. The molecule has 0 spiro atoms. The lowest BCUT2D eigenvalue weighted by molar-refractivity contribution is -0.145. The Labute approximate surface area is 143 Å². The second-order valence-electron chi connectivity index (χ2n) is 5.71. The molecular formula is C18H27FN2O3. The molecule has 0 radical (unpaired) electrons. The molecule has 1 aromatic carbocycles. The normalized spacial score (nSPS) is 12.1. The van der Waals surface area contributed by atoms with Crippen molar-refractivity contribution in [3.8, 4) is 0 Å². The molecule has 0 aliphatic rings. The van der Waals surface area contributed by atoms with Crippen LogP contribution in [0.25, 0.3) is 0 Å². The first-order valence-corrected chi connectivity index (χ1v) is 8.27. The number of amides is 1. The van der Waals surface area contributed by atoms with Gasteiger partial charge < -0.3 is 14.5 Å². The molecule has 5 nitrogen and oxygen atoms in total. The summed E-state index contributed by atoms with van der Waals surface area (Å²) in [5.74, 6) is -1.54. The van der Waals surface area contributed by atoms with Gasteiger partial charge >= 0.3 is 5.97 Å². The van der Waals surface area contributed by atoms with Gasteiger partial charge in [0.05, 0.1) is 13.0 Å². The second-order valence-corrected chi connectivity index (χ2v) is 5.71. The van der Waals surface area contributed by atoms with E-state index < -0.39 is 11.7 Å². The average molecular weight is 338 g/mol. The van der Waals surface area contributed by atoms with Crippen LogP contribution in [0.4, 0.5) is 4.39 Å². The first-order chi connectivity index (χ1) is 11.4. The molecule has 24 heavy (non-hydrogen) atoms. The van der Waals surface area contributed by atoms with E-state index in [1.165, 1.54) is 25.3 Å². The van der Waals surface area contributed by atoms with E-state index >= 15 is 0 Å². The highest BCUT2D eigenvalue weighted by atomic mass is 19.1. The van der Waals surface area contributed by atoms with E-state index in [-0.39, 0.29) is 24.0 Å². The number of nitrogens with zero attached hydrogens (tertiary/aromatic N) is 2. The van der Waals surface area contributed by atoms with Crippen molar-refractivity contribution < 1.29 is 18.7 Å². The van der Waals surface area contributed by atoms with Crippen molar-refractivity contribution in [3.05, 3.63) is 35.6 Å². The highest BCUT2D eigenvalue weighted by Crippen LogP contribution is 2.11. The number of rotatable bonds is 9. The molecule has 0 aromatic heterocycles. The van der Waals surface area contributed by atoms with E-state index in [1.807, 2.05) is 0 Å². The summed E-state index contributed by atoms with van der Waals surface area (Å²) in [5, 5.41) is 0. The molecule has 1 rings (SSSR count). The van der Waals surface area contributed by atoms with E-state index in [0.29, 0.717) is 13.1 Å². The first kappa shape index (κ1) is 20.1. The summed E-state index contributed by atoms with van der Waals surface area (Å²) in [6.07, 6.45) is 0. The zero-order valence-corrected chi connectivity index (χ0v) is 14.9. The number of halogens is 1. The molecule has 1 atom stereocenters. The second kappa shape index (κ2) is 10.0. The molecule has 1 amide bonds. The minimum Gasteiger partial charge on any atom is -0.469 e. The summed E-state index contributed by atoms with van der Waals surface area (Å²) in [5.41, 5.74) is 0.284. The Morgan fingerprint density at radius 3 is 2.42 bits per heavy atom. The van der Waals surface area contributed by atoms with Gasteiger partial charge in [0.1, 0.15) is 5.82 Å². The molecule has 0 heterocycles. The third kappa shape index (κ3) is 5.92. The quantitative estimate of drug-likeness (QED) is 0.649. The van der Waals surface area contributed by atoms with Gasteiger partial charge in [-0.2, -0.15) is 0 Å². The number of methoxy groups -OCH3 is 1. The van der Waals surface area contributed by atoms with E-state index in [9.17, 15) is 14.0 Å². The fourth-order valence-electron chi connectivity index (χ4n) is 2.49. The molecule has 0 aliphatic heterocycles. The number of hydrogen-bond acceptors (Lipinski definition) is 4. The summed E-state index contributed by atoms with van der Waals surface area (Å²) in [7, 11) is 1.33. The van der Waals surface area contributed by atoms with Crippen LogP contribution in [0.2, 0.25) is 0 Å². The molecule has 1 unspecified atom stereocenters. The summed E-state index contributed by atoms with van der Waals surface area (Å²) in [6.45, 7) is 8.99. The number of ether oxygens (including phenoxy) is 1. The van der Waals surface area contributed by atoms with Crippen LogP contribution >= 0.6 is 0 Å². The van der Waals surface area contributed by atoms with Crippen LogP contribution < -0.4 is 0 Å². The number of likely N-dealkylation sites (N-methyl/N-ethyl adjacent to an activating group) is 1. The molecule has 134 valence electrons. The summed E-state index contributed by atoms with van der Waals surface area (Å²) in [4.78, 5) is 28.2. The highest BCUT2D eigenvalue weighted by Gasteiger charge is 2.23. The molecule has 6 heteroatoms. The number of carbonyl (C=O) groups is 2. The Morgan fingerprint density at radius 1 is 1.21 bits per heavy atom. The van der Waals surface area contributed by atoms with Crippen molar-refractivity contribution in [3.63, 3.8) is 0 Å². The maximum atomic E-state index is 13.4. The molecule has 1 aromatic rings. The van der Waals surface area contributed by atoms with Crippen molar-refractivity contribution in [1.82, 2.24) is 9.80 Å². The Kier molecular flexibility index (Phi) is 8.40. The minimum atomic E-state index is -0.453. The Balaban J connectivity index is 2.90. The fraction of sp³-hybridized carbons (Fsp3) is 0.556. The van der Waals surface area contributed by atoms with E-state index in [4.69, 9.17) is 4.74 Å². The fourth-order valence-corrected chi connectivity index (χ4v) is 2.49. The molecule has 0 fully saturated rings. The van der Waals surface area contributed by atoms with Gasteiger partial charge in [-0.15, -0.1) is 0 Å². The van der Waals surface area contributed by atoms with Crippen LogP contribution in [-0.2, 0) is 9.53 Å².